The Hall–Kier alpha value is -3.09. The summed E-state index contributed by atoms with van der Waals surface area (Å²) in [5, 5.41) is 5.45. The second kappa shape index (κ2) is 11.2. The molecule has 0 radical (unpaired) electrons. The van der Waals surface area contributed by atoms with Crippen LogP contribution < -0.4 is 15.5 Å². The predicted octanol–water partition coefficient (Wildman–Crippen LogP) is 4.46. The minimum atomic E-state index is -0.517. The molecule has 2 N–H and O–H groups in total. The summed E-state index contributed by atoms with van der Waals surface area (Å²) in [6.45, 7) is 2.34. The van der Waals surface area contributed by atoms with Crippen molar-refractivity contribution >= 4 is 23.4 Å². The Morgan fingerprint density at radius 3 is 2.57 bits per heavy atom. The zero-order valence-electron chi connectivity index (χ0n) is 17.0. The van der Waals surface area contributed by atoms with Crippen LogP contribution in [0, 0.1) is 5.82 Å². The number of halogens is 1. The van der Waals surface area contributed by atoms with Gasteiger partial charge in [-0.15, -0.1) is 0 Å². The number of carbonyl (C=O) groups is 2. The lowest BCUT2D eigenvalue weighted by molar-refractivity contribution is -0.116. The molecule has 30 heavy (non-hydrogen) atoms. The van der Waals surface area contributed by atoms with E-state index in [0.29, 0.717) is 18.7 Å². The summed E-state index contributed by atoms with van der Waals surface area (Å²) < 4.78 is 18.9. The Morgan fingerprint density at radius 1 is 1.03 bits per heavy atom. The van der Waals surface area contributed by atoms with Gasteiger partial charge in [0, 0.05) is 26.1 Å². The summed E-state index contributed by atoms with van der Waals surface area (Å²) in [5.41, 5.74) is 2.26. The van der Waals surface area contributed by atoms with Gasteiger partial charge in [0.1, 0.15) is 12.4 Å². The third kappa shape index (κ3) is 6.76. The number of alkyl carbamates (subject to hydrolysis) is 1. The predicted molar refractivity (Wildman–Crippen MR) is 115 cm³/mol. The van der Waals surface area contributed by atoms with Crippen molar-refractivity contribution in [3.05, 3.63) is 59.9 Å². The highest BCUT2D eigenvalue weighted by molar-refractivity contribution is 5.94. The molecule has 0 bridgehead atoms. The zero-order valence-corrected chi connectivity index (χ0v) is 17.0. The lowest BCUT2D eigenvalue weighted by Gasteiger charge is -2.30. The fourth-order valence-corrected chi connectivity index (χ4v) is 3.45. The number of benzene rings is 2. The Morgan fingerprint density at radius 2 is 1.80 bits per heavy atom. The second-order valence-electron chi connectivity index (χ2n) is 7.35. The molecule has 160 valence electrons. The highest BCUT2D eigenvalue weighted by Gasteiger charge is 2.16. The lowest BCUT2D eigenvalue weighted by atomic mass is 10.1. The van der Waals surface area contributed by atoms with E-state index in [1.165, 1.54) is 18.6 Å². The van der Waals surface area contributed by atoms with Gasteiger partial charge in [-0.1, -0.05) is 30.3 Å². The molecule has 0 aromatic heterocycles. The van der Waals surface area contributed by atoms with Gasteiger partial charge in [-0.05, 0) is 49.4 Å². The first kappa shape index (κ1) is 21.6. The lowest BCUT2D eigenvalue weighted by Crippen LogP contribution is -2.30. The number of nitrogens with one attached hydrogen (secondary N) is 2. The maximum Gasteiger partial charge on any atom is 0.407 e. The molecule has 6 nitrogen and oxygen atoms in total. The first-order chi connectivity index (χ1) is 14.6. The van der Waals surface area contributed by atoms with Crippen molar-refractivity contribution < 1.29 is 18.7 Å². The van der Waals surface area contributed by atoms with Gasteiger partial charge in [0.25, 0.3) is 0 Å². The van der Waals surface area contributed by atoms with E-state index >= 15 is 0 Å². The quantitative estimate of drug-likeness (QED) is 0.627. The van der Waals surface area contributed by atoms with Crippen LogP contribution >= 0.6 is 0 Å². The van der Waals surface area contributed by atoms with Crippen LogP contribution in [-0.2, 0) is 16.1 Å². The minimum Gasteiger partial charge on any atom is -0.445 e. The van der Waals surface area contributed by atoms with E-state index in [9.17, 15) is 14.0 Å². The molecule has 0 aliphatic carbocycles. The van der Waals surface area contributed by atoms with Crippen LogP contribution in [0.2, 0.25) is 0 Å². The van der Waals surface area contributed by atoms with Crippen molar-refractivity contribution in [3.8, 4) is 0 Å². The van der Waals surface area contributed by atoms with Gasteiger partial charge >= 0.3 is 6.09 Å². The van der Waals surface area contributed by atoms with Crippen LogP contribution in [0.25, 0.3) is 0 Å². The number of carbonyl (C=O) groups excluding carboxylic acids is 2. The average Bonchev–Trinajstić information content (AvgIpc) is 2.77. The van der Waals surface area contributed by atoms with Gasteiger partial charge in [-0.2, -0.15) is 0 Å². The number of ether oxygens (including phenoxy) is 1. The first-order valence-corrected chi connectivity index (χ1v) is 10.4. The number of rotatable bonds is 8. The smallest absolute Gasteiger partial charge is 0.407 e. The molecular formula is C23H28FN3O3. The van der Waals surface area contributed by atoms with Gasteiger partial charge in [0.05, 0.1) is 11.4 Å². The molecule has 1 saturated heterocycles. The van der Waals surface area contributed by atoms with Crippen LogP contribution in [0.4, 0.5) is 20.6 Å². The third-order valence-corrected chi connectivity index (χ3v) is 4.99. The maximum atomic E-state index is 13.7. The fourth-order valence-electron chi connectivity index (χ4n) is 3.45. The van der Waals surface area contributed by atoms with E-state index in [2.05, 4.69) is 15.5 Å². The molecule has 2 aromatic carbocycles. The summed E-state index contributed by atoms with van der Waals surface area (Å²) in [7, 11) is 0. The molecule has 3 rings (SSSR count). The Balaban J connectivity index is 1.40. The number of hydrogen-bond acceptors (Lipinski definition) is 4. The Bertz CT molecular complexity index is 839. The first-order valence-electron chi connectivity index (χ1n) is 10.4. The van der Waals surface area contributed by atoms with Crippen molar-refractivity contribution in [1.82, 2.24) is 5.32 Å². The fraction of sp³-hybridized carbons (Fsp3) is 0.391. The number of hydrogen-bond donors (Lipinski definition) is 2. The summed E-state index contributed by atoms with van der Waals surface area (Å²) in [6, 6.07) is 13.9. The van der Waals surface area contributed by atoms with Crippen molar-refractivity contribution in [2.24, 2.45) is 0 Å². The topological polar surface area (TPSA) is 70.7 Å². The molecule has 1 heterocycles. The van der Waals surface area contributed by atoms with Crippen LogP contribution in [0.1, 0.15) is 37.7 Å². The van der Waals surface area contributed by atoms with E-state index < -0.39 is 6.09 Å². The second-order valence-corrected chi connectivity index (χ2v) is 7.35. The van der Waals surface area contributed by atoms with Crippen LogP contribution in [0.3, 0.4) is 0 Å². The highest BCUT2D eigenvalue weighted by Crippen LogP contribution is 2.29. The number of piperidine rings is 1. The van der Waals surface area contributed by atoms with Gasteiger partial charge in [0.2, 0.25) is 5.91 Å². The van der Waals surface area contributed by atoms with E-state index in [-0.39, 0.29) is 24.8 Å². The van der Waals surface area contributed by atoms with Crippen LogP contribution in [0.5, 0.6) is 0 Å². The molecule has 2 aromatic rings. The van der Waals surface area contributed by atoms with Crippen molar-refractivity contribution in [2.45, 2.75) is 38.7 Å². The molecule has 1 fully saturated rings. The van der Waals surface area contributed by atoms with E-state index in [0.717, 1.165) is 37.2 Å². The Labute approximate surface area is 176 Å². The standard InChI is InChI=1S/C23H28FN3O3/c24-19-11-12-21(27-14-5-2-6-15-27)20(16-19)26-22(28)10-7-13-25-23(29)30-17-18-8-3-1-4-9-18/h1,3-4,8-9,11-12,16H,2,5-7,10,13-15,17H2,(H,25,29)(H,26,28). The van der Waals surface area contributed by atoms with Crippen molar-refractivity contribution in [1.29, 1.82) is 0 Å². The molecule has 0 unspecified atom stereocenters. The summed E-state index contributed by atoms with van der Waals surface area (Å²) in [4.78, 5) is 26.2. The van der Waals surface area contributed by atoms with E-state index in [1.807, 2.05) is 30.3 Å². The van der Waals surface area contributed by atoms with Gasteiger partial charge < -0.3 is 20.3 Å². The molecule has 0 atom stereocenters. The maximum absolute atomic E-state index is 13.7. The van der Waals surface area contributed by atoms with E-state index in [4.69, 9.17) is 4.74 Å². The molecule has 2 amide bonds. The molecular weight excluding hydrogens is 385 g/mol. The average molecular weight is 413 g/mol. The highest BCUT2D eigenvalue weighted by atomic mass is 19.1. The van der Waals surface area contributed by atoms with Gasteiger partial charge in [0.15, 0.2) is 0 Å². The summed E-state index contributed by atoms with van der Waals surface area (Å²) >= 11 is 0. The minimum absolute atomic E-state index is 0.200. The van der Waals surface area contributed by atoms with E-state index in [1.54, 1.807) is 6.07 Å². The van der Waals surface area contributed by atoms with Gasteiger partial charge in [-0.25, -0.2) is 9.18 Å². The third-order valence-electron chi connectivity index (χ3n) is 4.99. The molecule has 0 spiro atoms. The molecule has 1 aliphatic rings. The van der Waals surface area contributed by atoms with Crippen molar-refractivity contribution in [2.75, 3.05) is 29.9 Å². The summed E-state index contributed by atoms with van der Waals surface area (Å²) in [5.74, 6) is -0.591. The largest absolute Gasteiger partial charge is 0.445 e. The number of amides is 2. The number of anilines is 2. The molecule has 7 heteroatoms. The SMILES string of the molecule is O=C(CCCNC(=O)OCc1ccccc1)Nc1cc(F)ccc1N1CCCCC1. The van der Waals surface area contributed by atoms with Gasteiger partial charge in [-0.3, -0.25) is 4.79 Å². The molecule has 1 aliphatic heterocycles. The molecule has 0 saturated carbocycles. The normalized spacial score (nSPS) is 13.6. The van der Waals surface area contributed by atoms with Crippen molar-refractivity contribution in [3.63, 3.8) is 0 Å². The number of nitrogens with zero attached hydrogens (tertiary/aromatic N) is 1. The Kier molecular flexibility index (Phi) is 8.06. The van der Waals surface area contributed by atoms with Crippen LogP contribution in [0.15, 0.2) is 48.5 Å². The van der Waals surface area contributed by atoms with Crippen LogP contribution in [-0.4, -0.2) is 31.6 Å². The monoisotopic (exact) mass is 413 g/mol. The summed E-state index contributed by atoms with van der Waals surface area (Å²) in [6.07, 6.45) is 3.54. The zero-order chi connectivity index (χ0) is 21.2.